The van der Waals surface area contributed by atoms with Crippen LogP contribution in [0.1, 0.15) is 43.7 Å². The summed E-state index contributed by atoms with van der Waals surface area (Å²) in [5, 5.41) is 2.96. The summed E-state index contributed by atoms with van der Waals surface area (Å²) >= 11 is 0. The van der Waals surface area contributed by atoms with Crippen molar-refractivity contribution in [2.45, 2.75) is 39.5 Å². The molecule has 0 aliphatic rings. The van der Waals surface area contributed by atoms with Crippen molar-refractivity contribution >= 4 is 18.3 Å². The minimum Gasteiger partial charge on any atom is -0.356 e. The Labute approximate surface area is 128 Å². The van der Waals surface area contributed by atoms with E-state index in [-0.39, 0.29) is 18.3 Å². The van der Waals surface area contributed by atoms with Crippen LogP contribution in [-0.4, -0.2) is 19.0 Å². The third kappa shape index (κ3) is 6.40. The SMILES string of the molecule is CCC(CC(=O)NCC(C)CN)c1ccc(C)cc1.Cl. The summed E-state index contributed by atoms with van der Waals surface area (Å²) in [5.41, 5.74) is 8.03. The van der Waals surface area contributed by atoms with Gasteiger partial charge in [-0.05, 0) is 37.3 Å². The Kier molecular flexibility index (Phi) is 9.26. The zero-order valence-electron chi connectivity index (χ0n) is 12.7. The third-order valence-corrected chi connectivity index (χ3v) is 3.52. The molecule has 0 saturated carbocycles. The lowest BCUT2D eigenvalue weighted by atomic mass is 9.92. The Balaban J connectivity index is 0.00000361. The first-order valence-electron chi connectivity index (χ1n) is 7.10. The molecule has 0 aliphatic heterocycles. The summed E-state index contributed by atoms with van der Waals surface area (Å²) in [6.45, 7) is 7.51. The topological polar surface area (TPSA) is 55.1 Å². The van der Waals surface area contributed by atoms with Crippen LogP contribution >= 0.6 is 12.4 Å². The first-order chi connectivity index (χ1) is 9.06. The van der Waals surface area contributed by atoms with Gasteiger partial charge in [-0.1, -0.05) is 43.7 Å². The zero-order valence-corrected chi connectivity index (χ0v) is 13.5. The fourth-order valence-electron chi connectivity index (χ4n) is 2.00. The second-order valence-electron chi connectivity index (χ2n) is 5.36. The molecule has 1 aromatic carbocycles. The van der Waals surface area contributed by atoms with E-state index >= 15 is 0 Å². The lowest BCUT2D eigenvalue weighted by Crippen LogP contribution is -2.32. The second-order valence-corrected chi connectivity index (χ2v) is 5.36. The number of benzene rings is 1. The smallest absolute Gasteiger partial charge is 0.220 e. The molecule has 2 unspecified atom stereocenters. The first kappa shape index (κ1) is 18.9. The van der Waals surface area contributed by atoms with E-state index in [1.807, 2.05) is 6.92 Å². The molecule has 0 radical (unpaired) electrons. The Morgan fingerprint density at radius 1 is 1.30 bits per heavy atom. The summed E-state index contributed by atoms with van der Waals surface area (Å²) in [7, 11) is 0. The maximum atomic E-state index is 11.9. The quantitative estimate of drug-likeness (QED) is 0.813. The van der Waals surface area contributed by atoms with Crippen molar-refractivity contribution < 1.29 is 4.79 Å². The summed E-state index contributed by atoms with van der Waals surface area (Å²) < 4.78 is 0. The largest absolute Gasteiger partial charge is 0.356 e. The van der Waals surface area contributed by atoms with Gasteiger partial charge < -0.3 is 11.1 Å². The first-order valence-corrected chi connectivity index (χ1v) is 7.10. The molecule has 0 bridgehead atoms. The number of halogens is 1. The minimum absolute atomic E-state index is 0. The molecule has 0 fully saturated rings. The van der Waals surface area contributed by atoms with Gasteiger partial charge in [0, 0.05) is 13.0 Å². The predicted molar refractivity (Wildman–Crippen MR) is 87.3 cm³/mol. The fourth-order valence-corrected chi connectivity index (χ4v) is 2.00. The molecule has 114 valence electrons. The highest BCUT2D eigenvalue weighted by atomic mass is 35.5. The van der Waals surface area contributed by atoms with Gasteiger partial charge in [0.25, 0.3) is 0 Å². The Morgan fingerprint density at radius 3 is 2.40 bits per heavy atom. The molecule has 0 aromatic heterocycles. The van der Waals surface area contributed by atoms with E-state index in [1.165, 1.54) is 11.1 Å². The number of carbonyl (C=O) groups is 1. The van der Waals surface area contributed by atoms with Crippen molar-refractivity contribution in [3.8, 4) is 0 Å². The van der Waals surface area contributed by atoms with Gasteiger partial charge in [0.2, 0.25) is 5.91 Å². The van der Waals surface area contributed by atoms with Crippen LogP contribution in [0.15, 0.2) is 24.3 Å². The molecular weight excluding hydrogens is 272 g/mol. The lowest BCUT2D eigenvalue weighted by molar-refractivity contribution is -0.121. The number of amides is 1. The highest BCUT2D eigenvalue weighted by Crippen LogP contribution is 2.23. The number of hydrogen-bond acceptors (Lipinski definition) is 2. The standard InChI is InChI=1S/C16H26N2O.ClH/c1-4-14(15-7-5-12(2)6-8-15)9-16(19)18-11-13(3)10-17;/h5-8,13-14H,4,9-11,17H2,1-3H3,(H,18,19);1H. The number of nitrogens with two attached hydrogens (primary N) is 1. The highest BCUT2D eigenvalue weighted by molar-refractivity contribution is 5.85. The van der Waals surface area contributed by atoms with Gasteiger partial charge in [-0.3, -0.25) is 4.79 Å². The average molecular weight is 299 g/mol. The van der Waals surface area contributed by atoms with E-state index in [2.05, 4.69) is 43.4 Å². The van der Waals surface area contributed by atoms with Gasteiger partial charge in [-0.2, -0.15) is 0 Å². The third-order valence-electron chi connectivity index (χ3n) is 3.52. The van der Waals surface area contributed by atoms with E-state index < -0.39 is 0 Å². The van der Waals surface area contributed by atoms with Gasteiger partial charge in [-0.15, -0.1) is 12.4 Å². The van der Waals surface area contributed by atoms with Crippen molar-refractivity contribution in [3.05, 3.63) is 35.4 Å². The predicted octanol–water partition coefficient (Wildman–Crippen LogP) is 3.01. The molecule has 2 atom stereocenters. The van der Waals surface area contributed by atoms with Crippen LogP contribution in [0.2, 0.25) is 0 Å². The van der Waals surface area contributed by atoms with Gasteiger partial charge in [0.1, 0.15) is 0 Å². The van der Waals surface area contributed by atoms with Crippen LogP contribution in [0.5, 0.6) is 0 Å². The van der Waals surface area contributed by atoms with E-state index in [4.69, 9.17) is 5.73 Å². The molecule has 1 amide bonds. The van der Waals surface area contributed by atoms with E-state index in [1.54, 1.807) is 0 Å². The molecule has 3 N–H and O–H groups in total. The van der Waals surface area contributed by atoms with E-state index in [0.717, 1.165) is 6.42 Å². The molecule has 0 aliphatic carbocycles. The van der Waals surface area contributed by atoms with Crippen LogP contribution in [0, 0.1) is 12.8 Å². The maximum Gasteiger partial charge on any atom is 0.220 e. The summed E-state index contributed by atoms with van der Waals surface area (Å²) in [5.74, 6) is 0.755. The average Bonchev–Trinajstić information content (AvgIpc) is 2.43. The number of rotatable bonds is 7. The van der Waals surface area contributed by atoms with Crippen LogP contribution in [-0.2, 0) is 4.79 Å². The van der Waals surface area contributed by atoms with Crippen LogP contribution in [0.4, 0.5) is 0 Å². The number of aryl methyl sites for hydroxylation is 1. The second kappa shape index (κ2) is 9.78. The molecule has 4 heteroatoms. The number of nitrogens with one attached hydrogen (secondary N) is 1. The Morgan fingerprint density at radius 2 is 1.90 bits per heavy atom. The maximum absolute atomic E-state index is 11.9. The van der Waals surface area contributed by atoms with Gasteiger partial charge in [-0.25, -0.2) is 0 Å². The monoisotopic (exact) mass is 298 g/mol. The number of hydrogen-bond donors (Lipinski definition) is 2. The Bertz CT molecular complexity index is 392. The van der Waals surface area contributed by atoms with Crippen molar-refractivity contribution in [1.82, 2.24) is 5.32 Å². The highest BCUT2D eigenvalue weighted by Gasteiger charge is 2.14. The van der Waals surface area contributed by atoms with Crippen molar-refractivity contribution in [2.75, 3.05) is 13.1 Å². The molecule has 20 heavy (non-hydrogen) atoms. The summed E-state index contributed by atoms with van der Waals surface area (Å²) in [4.78, 5) is 11.9. The molecule has 0 heterocycles. The molecule has 3 nitrogen and oxygen atoms in total. The van der Waals surface area contributed by atoms with E-state index in [0.29, 0.717) is 31.3 Å². The lowest BCUT2D eigenvalue weighted by Gasteiger charge is -2.16. The fraction of sp³-hybridized carbons (Fsp3) is 0.562. The number of carbonyl (C=O) groups excluding carboxylic acids is 1. The summed E-state index contributed by atoms with van der Waals surface area (Å²) in [6.07, 6.45) is 1.53. The zero-order chi connectivity index (χ0) is 14.3. The van der Waals surface area contributed by atoms with Crippen LogP contribution < -0.4 is 11.1 Å². The van der Waals surface area contributed by atoms with Crippen LogP contribution in [0.3, 0.4) is 0 Å². The van der Waals surface area contributed by atoms with Crippen molar-refractivity contribution in [3.63, 3.8) is 0 Å². The molecule has 1 rings (SSSR count). The van der Waals surface area contributed by atoms with Gasteiger partial charge in [0.15, 0.2) is 0 Å². The van der Waals surface area contributed by atoms with Crippen molar-refractivity contribution in [1.29, 1.82) is 0 Å². The Hall–Kier alpha value is -1.06. The van der Waals surface area contributed by atoms with E-state index in [9.17, 15) is 4.79 Å². The normalized spacial score (nSPS) is 13.2. The summed E-state index contributed by atoms with van der Waals surface area (Å²) in [6, 6.07) is 8.46. The van der Waals surface area contributed by atoms with Gasteiger partial charge in [0.05, 0.1) is 0 Å². The molecular formula is C16H27ClN2O. The molecule has 0 spiro atoms. The molecule has 1 aromatic rings. The van der Waals surface area contributed by atoms with Crippen LogP contribution in [0.25, 0.3) is 0 Å². The van der Waals surface area contributed by atoms with Crippen molar-refractivity contribution in [2.24, 2.45) is 11.7 Å². The minimum atomic E-state index is 0. The van der Waals surface area contributed by atoms with Gasteiger partial charge >= 0.3 is 0 Å². The molecule has 0 saturated heterocycles.